The molecule has 5 N–H and O–H groups in total. The molecule has 1 aromatic heterocycles. The third kappa shape index (κ3) is 4.46. The van der Waals surface area contributed by atoms with Crippen molar-refractivity contribution in [3.8, 4) is 5.75 Å². The highest BCUT2D eigenvalue weighted by molar-refractivity contribution is 6.08. The van der Waals surface area contributed by atoms with Crippen LogP contribution >= 0.6 is 0 Å². The number of nitrogens with zero attached hydrogens (tertiary/aromatic N) is 2. The Balaban J connectivity index is 1.62. The molecule has 0 radical (unpaired) electrons. The summed E-state index contributed by atoms with van der Waals surface area (Å²) in [6.45, 7) is 5.93. The minimum absolute atomic E-state index is 0.0469. The van der Waals surface area contributed by atoms with E-state index >= 15 is 0 Å². The minimum atomic E-state index is -0.916. The standard InChI is InChI=1S/C23H30N6O3/c1-13(15-10-20(30)26-11-15)32-19-9-14(17(24)6-7-28-23(2,3)22(25)31)8-18-21(19)29(12-27-18)16-4-5-16/h6-9,12-13,15-16,24,28H,4-5,10-11H2,1-3H3,(H2,25,31)(H,26,30)/b7-6-,24-17?/t13-,15-/m1/s1. The molecule has 1 aliphatic heterocycles. The highest BCUT2D eigenvalue weighted by atomic mass is 16.5. The Labute approximate surface area is 186 Å². The van der Waals surface area contributed by atoms with Gasteiger partial charge in [-0.05, 0) is 58.0 Å². The topological polar surface area (TPSA) is 135 Å². The van der Waals surface area contributed by atoms with Crippen molar-refractivity contribution in [2.75, 3.05) is 6.54 Å². The van der Waals surface area contributed by atoms with Gasteiger partial charge in [0.05, 0.1) is 17.6 Å². The second-order valence-corrected chi connectivity index (χ2v) is 9.20. The number of carbonyl (C=O) groups is 2. The fourth-order valence-electron chi connectivity index (χ4n) is 3.76. The molecular formula is C23H30N6O3. The maximum atomic E-state index is 11.6. The van der Waals surface area contributed by atoms with E-state index in [0.717, 1.165) is 23.9 Å². The van der Waals surface area contributed by atoms with Gasteiger partial charge in [0.15, 0.2) is 0 Å². The summed E-state index contributed by atoms with van der Waals surface area (Å²) >= 11 is 0. The lowest BCUT2D eigenvalue weighted by molar-refractivity contribution is -0.122. The summed E-state index contributed by atoms with van der Waals surface area (Å²) in [6, 6.07) is 4.16. The van der Waals surface area contributed by atoms with Gasteiger partial charge in [-0.3, -0.25) is 9.59 Å². The lowest BCUT2D eigenvalue weighted by atomic mass is 10.0. The van der Waals surface area contributed by atoms with E-state index in [2.05, 4.69) is 20.2 Å². The van der Waals surface area contributed by atoms with Gasteiger partial charge in [-0.15, -0.1) is 0 Å². The van der Waals surface area contributed by atoms with E-state index < -0.39 is 11.4 Å². The highest BCUT2D eigenvalue weighted by Gasteiger charge is 2.30. The third-order valence-electron chi connectivity index (χ3n) is 6.18. The molecule has 4 rings (SSSR count). The van der Waals surface area contributed by atoms with E-state index in [-0.39, 0.29) is 23.6 Å². The van der Waals surface area contributed by atoms with Crippen LogP contribution in [0.15, 0.2) is 30.7 Å². The van der Waals surface area contributed by atoms with E-state index in [1.807, 2.05) is 25.4 Å². The van der Waals surface area contributed by atoms with Crippen molar-refractivity contribution in [3.05, 3.63) is 36.3 Å². The lowest BCUT2D eigenvalue weighted by Crippen LogP contribution is -2.48. The molecule has 2 fully saturated rings. The second kappa shape index (κ2) is 8.29. The van der Waals surface area contributed by atoms with E-state index in [1.165, 1.54) is 0 Å². The second-order valence-electron chi connectivity index (χ2n) is 9.20. The summed E-state index contributed by atoms with van der Waals surface area (Å²) in [5, 5.41) is 14.3. The van der Waals surface area contributed by atoms with Crippen LogP contribution in [0.5, 0.6) is 5.75 Å². The van der Waals surface area contributed by atoms with E-state index in [0.29, 0.717) is 30.3 Å². The summed E-state index contributed by atoms with van der Waals surface area (Å²) in [5.41, 5.74) is 7.04. The van der Waals surface area contributed by atoms with Crippen molar-refractivity contribution >= 4 is 28.6 Å². The van der Waals surface area contributed by atoms with Gasteiger partial charge in [-0.2, -0.15) is 0 Å². The van der Waals surface area contributed by atoms with Gasteiger partial charge in [0.1, 0.15) is 22.9 Å². The first-order valence-electron chi connectivity index (χ1n) is 10.9. The molecule has 1 aromatic carbocycles. The first-order chi connectivity index (χ1) is 15.2. The summed E-state index contributed by atoms with van der Waals surface area (Å²) in [5.74, 6) is 0.325. The highest BCUT2D eigenvalue weighted by Crippen LogP contribution is 2.40. The molecule has 2 atom stereocenters. The van der Waals surface area contributed by atoms with E-state index in [1.54, 1.807) is 26.1 Å². The summed E-state index contributed by atoms with van der Waals surface area (Å²) < 4.78 is 8.52. The molecule has 0 unspecified atom stereocenters. The van der Waals surface area contributed by atoms with Crippen LogP contribution in [0.2, 0.25) is 0 Å². The number of nitrogens with one attached hydrogen (secondary N) is 3. The number of benzene rings is 1. The van der Waals surface area contributed by atoms with Crippen molar-refractivity contribution in [1.29, 1.82) is 5.41 Å². The predicted molar refractivity (Wildman–Crippen MR) is 122 cm³/mol. The number of ether oxygens (including phenoxy) is 1. The minimum Gasteiger partial charge on any atom is -0.488 e. The maximum absolute atomic E-state index is 11.6. The molecule has 1 saturated carbocycles. The smallest absolute Gasteiger partial charge is 0.242 e. The van der Waals surface area contributed by atoms with Gasteiger partial charge >= 0.3 is 0 Å². The molecule has 2 aromatic rings. The van der Waals surface area contributed by atoms with Gasteiger partial charge in [0.25, 0.3) is 0 Å². The number of imidazole rings is 1. The molecule has 9 nitrogen and oxygen atoms in total. The number of carbonyl (C=O) groups excluding carboxylic acids is 2. The van der Waals surface area contributed by atoms with Crippen LogP contribution in [0.25, 0.3) is 11.0 Å². The summed E-state index contributed by atoms with van der Waals surface area (Å²) in [4.78, 5) is 27.7. The summed E-state index contributed by atoms with van der Waals surface area (Å²) in [7, 11) is 0. The normalized spacial score (nSPS) is 19.8. The van der Waals surface area contributed by atoms with Crippen molar-refractivity contribution in [2.45, 2.75) is 57.7 Å². The average Bonchev–Trinajstić information content (AvgIpc) is 3.33. The quantitative estimate of drug-likeness (QED) is 0.444. The molecule has 9 heteroatoms. The Hall–Kier alpha value is -3.36. The van der Waals surface area contributed by atoms with Crippen molar-refractivity contribution < 1.29 is 14.3 Å². The lowest BCUT2D eigenvalue weighted by Gasteiger charge is -2.21. The number of amides is 2. The van der Waals surface area contributed by atoms with Crippen LogP contribution in [-0.4, -0.2) is 45.3 Å². The molecule has 1 aliphatic carbocycles. The Morgan fingerprint density at radius 2 is 2.19 bits per heavy atom. The number of hydrogen-bond acceptors (Lipinski definition) is 6. The molecule has 1 saturated heterocycles. The third-order valence-corrected chi connectivity index (χ3v) is 6.18. The van der Waals surface area contributed by atoms with Crippen LogP contribution in [0.1, 0.15) is 51.6 Å². The molecule has 2 amide bonds. The molecule has 2 aliphatic rings. The molecular weight excluding hydrogens is 408 g/mol. The van der Waals surface area contributed by atoms with Gasteiger partial charge in [-0.25, -0.2) is 4.98 Å². The van der Waals surface area contributed by atoms with E-state index in [9.17, 15) is 9.59 Å². The Bertz CT molecular complexity index is 1100. The zero-order valence-electron chi connectivity index (χ0n) is 18.6. The van der Waals surface area contributed by atoms with E-state index in [4.69, 9.17) is 15.9 Å². The van der Waals surface area contributed by atoms with Gasteiger partial charge < -0.3 is 31.1 Å². The fraction of sp³-hybridized carbons (Fsp3) is 0.478. The van der Waals surface area contributed by atoms with Crippen molar-refractivity contribution in [2.24, 2.45) is 11.7 Å². The molecule has 2 heterocycles. The fourth-order valence-corrected chi connectivity index (χ4v) is 3.76. The molecule has 170 valence electrons. The molecule has 32 heavy (non-hydrogen) atoms. The number of primary amides is 1. The van der Waals surface area contributed by atoms with Gasteiger partial charge in [0.2, 0.25) is 11.8 Å². The maximum Gasteiger partial charge on any atom is 0.242 e. The average molecular weight is 439 g/mol. The van der Waals surface area contributed by atoms with Crippen LogP contribution in [0.4, 0.5) is 0 Å². The zero-order chi connectivity index (χ0) is 23.0. The van der Waals surface area contributed by atoms with Gasteiger partial charge in [0, 0.05) is 30.5 Å². The Morgan fingerprint density at radius 1 is 1.44 bits per heavy atom. The van der Waals surface area contributed by atoms with Crippen molar-refractivity contribution in [3.63, 3.8) is 0 Å². The number of hydrogen-bond donors (Lipinski definition) is 4. The number of allylic oxidation sites excluding steroid dienone is 1. The predicted octanol–water partition coefficient (Wildman–Crippen LogP) is 2.01. The number of nitrogens with two attached hydrogens (primary N) is 1. The number of aromatic nitrogens is 2. The molecule has 0 spiro atoms. The monoisotopic (exact) mass is 438 g/mol. The number of fused-ring (bicyclic) bond motifs is 1. The largest absolute Gasteiger partial charge is 0.488 e. The van der Waals surface area contributed by atoms with Gasteiger partial charge in [-0.1, -0.05) is 0 Å². The van der Waals surface area contributed by atoms with Crippen LogP contribution in [0.3, 0.4) is 0 Å². The van der Waals surface area contributed by atoms with Crippen LogP contribution in [0, 0.1) is 11.3 Å². The number of rotatable bonds is 9. The first kappa shape index (κ1) is 21.9. The van der Waals surface area contributed by atoms with Crippen LogP contribution in [-0.2, 0) is 9.59 Å². The molecule has 0 bridgehead atoms. The zero-order valence-corrected chi connectivity index (χ0v) is 18.6. The summed E-state index contributed by atoms with van der Waals surface area (Å²) in [6.07, 6.45) is 7.48. The SMILES string of the molecule is C[C@@H](Oc1cc(C(=N)/C=C\NC(C)(C)C(N)=O)cc2ncn(C3CC3)c12)[C@H]1CNC(=O)C1. The first-order valence-corrected chi connectivity index (χ1v) is 10.9. The Morgan fingerprint density at radius 3 is 2.81 bits per heavy atom. The van der Waals surface area contributed by atoms with Crippen LogP contribution < -0.4 is 21.1 Å². The van der Waals surface area contributed by atoms with Crippen molar-refractivity contribution in [1.82, 2.24) is 20.2 Å². The Kier molecular flexibility index (Phi) is 5.66.